The standard InChI is InChI=1S/C25H34FN5O3/c1-6-33-23-27-13-18(14-28-23)29-10-9-19-20(16-29)22(8-7-21(19)26)30-11-12-31(17(2)15-30)24(32)34-25(3,4)5/h7-8,13-14,17H,6,9-12,15-16H2,1-5H3. The molecule has 1 unspecified atom stereocenters. The van der Waals surface area contributed by atoms with Crippen LogP contribution in [0.5, 0.6) is 6.01 Å². The first-order chi connectivity index (χ1) is 16.2. The van der Waals surface area contributed by atoms with E-state index in [0.29, 0.717) is 51.8 Å². The molecule has 184 valence electrons. The fourth-order valence-electron chi connectivity index (χ4n) is 4.58. The van der Waals surface area contributed by atoms with Crippen molar-refractivity contribution >= 4 is 17.5 Å². The zero-order valence-corrected chi connectivity index (χ0v) is 20.7. The van der Waals surface area contributed by atoms with E-state index in [1.54, 1.807) is 23.4 Å². The highest BCUT2D eigenvalue weighted by Gasteiger charge is 2.33. The van der Waals surface area contributed by atoms with Gasteiger partial charge in [-0.25, -0.2) is 19.2 Å². The number of carbonyl (C=O) groups excluding carboxylic acids is 1. The molecule has 1 saturated heterocycles. The summed E-state index contributed by atoms with van der Waals surface area (Å²) in [5.74, 6) is -0.165. The van der Waals surface area contributed by atoms with Crippen LogP contribution in [-0.4, -0.2) is 65.4 Å². The summed E-state index contributed by atoms with van der Waals surface area (Å²) in [6.45, 7) is 13.2. The summed E-state index contributed by atoms with van der Waals surface area (Å²) in [4.78, 5) is 27.4. The predicted octanol–water partition coefficient (Wildman–Crippen LogP) is 4.02. The number of fused-ring (bicyclic) bond motifs is 1. The normalized spacial score (nSPS) is 18.5. The van der Waals surface area contributed by atoms with Gasteiger partial charge in [0, 0.05) is 50.0 Å². The number of anilines is 2. The van der Waals surface area contributed by atoms with Gasteiger partial charge in [-0.05, 0) is 58.7 Å². The monoisotopic (exact) mass is 471 g/mol. The van der Waals surface area contributed by atoms with Crippen LogP contribution < -0.4 is 14.5 Å². The van der Waals surface area contributed by atoms with Gasteiger partial charge in [-0.15, -0.1) is 0 Å². The number of rotatable bonds is 4. The number of piperazine rings is 1. The minimum absolute atomic E-state index is 0.0245. The Morgan fingerprint density at radius 1 is 1.12 bits per heavy atom. The Bertz CT molecular complexity index is 1020. The molecular formula is C25H34FN5O3. The van der Waals surface area contributed by atoms with Gasteiger partial charge < -0.3 is 24.2 Å². The molecule has 1 atom stereocenters. The van der Waals surface area contributed by atoms with Crippen molar-refractivity contribution in [1.82, 2.24) is 14.9 Å². The van der Waals surface area contributed by atoms with Crippen molar-refractivity contribution in [2.45, 2.75) is 59.2 Å². The van der Waals surface area contributed by atoms with E-state index < -0.39 is 5.60 Å². The molecule has 2 aromatic rings. The molecule has 0 bridgehead atoms. The Labute approximate surface area is 200 Å². The van der Waals surface area contributed by atoms with Crippen LogP contribution in [0.3, 0.4) is 0 Å². The lowest BCUT2D eigenvalue weighted by Crippen LogP contribution is -2.55. The van der Waals surface area contributed by atoms with Crippen molar-refractivity contribution in [3.63, 3.8) is 0 Å². The van der Waals surface area contributed by atoms with E-state index in [9.17, 15) is 9.18 Å². The summed E-state index contributed by atoms with van der Waals surface area (Å²) in [6.07, 6.45) is 3.82. The van der Waals surface area contributed by atoms with Crippen molar-refractivity contribution in [1.29, 1.82) is 0 Å². The maximum Gasteiger partial charge on any atom is 0.410 e. The van der Waals surface area contributed by atoms with Crippen LogP contribution in [0.1, 0.15) is 45.7 Å². The molecule has 8 nitrogen and oxygen atoms in total. The van der Waals surface area contributed by atoms with Gasteiger partial charge in [0.05, 0.1) is 24.7 Å². The number of halogens is 1. The number of amides is 1. The average Bonchev–Trinajstić information content (AvgIpc) is 2.78. The number of hydrogen-bond donors (Lipinski definition) is 0. The Kier molecular flexibility index (Phi) is 6.81. The topological polar surface area (TPSA) is 71.0 Å². The molecule has 1 aromatic carbocycles. The van der Waals surface area contributed by atoms with E-state index in [2.05, 4.69) is 19.8 Å². The van der Waals surface area contributed by atoms with Gasteiger partial charge in [-0.1, -0.05) is 0 Å². The first-order valence-corrected chi connectivity index (χ1v) is 11.9. The fourth-order valence-corrected chi connectivity index (χ4v) is 4.58. The summed E-state index contributed by atoms with van der Waals surface area (Å²) in [5, 5.41) is 0. The molecule has 1 aromatic heterocycles. The van der Waals surface area contributed by atoms with Crippen LogP contribution in [0, 0.1) is 5.82 Å². The van der Waals surface area contributed by atoms with Crippen molar-refractivity contribution in [2.75, 3.05) is 42.6 Å². The van der Waals surface area contributed by atoms with E-state index in [1.165, 1.54) is 0 Å². The summed E-state index contributed by atoms with van der Waals surface area (Å²) < 4.78 is 25.7. The number of nitrogens with zero attached hydrogens (tertiary/aromatic N) is 5. The molecule has 0 aliphatic carbocycles. The lowest BCUT2D eigenvalue weighted by Gasteiger charge is -2.43. The Morgan fingerprint density at radius 3 is 2.50 bits per heavy atom. The number of aromatic nitrogens is 2. The smallest absolute Gasteiger partial charge is 0.410 e. The van der Waals surface area contributed by atoms with E-state index in [4.69, 9.17) is 9.47 Å². The second-order valence-corrected chi connectivity index (χ2v) is 9.82. The number of carbonyl (C=O) groups is 1. The van der Waals surface area contributed by atoms with E-state index in [-0.39, 0.29) is 18.0 Å². The van der Waals surface area contributed by atoms with Crippen molar-refractivity contribution in [3.05, 3.63) is 41.5 Å². The SMILES string of the molecule is CCOc1ncc(N2CCc3c(F)ccc(N4CCN(C(=O)OC(C)(C)C)C(C)C4)c3C2)cn1. The van der Waals surface area contributed by atoms with Crippen LogP contribution in [0.4, 0.5) is 20.6 Å². The highest BCUT2D eigenvalue weighted by molar-refractivity contribution is 5.69. The third kappa shape index (κ3) is 5.18. The summed E-state index contributed by atoms with van der Waals surface area (Å²) in [5.41, 5.74) is 3.12. The highest BCUT2D eigenvalue weighted by Crippen LogP contribution is 2.34. The summed E-state index contributed by atoms with van der Waals surface area (Å²) >= 11 is 0. The second kappa shape index (κ2) is 9.64. The lowest BCUT2D eigenvalue weighted by molar-refractivity contribution is 0.0159. The van der Waals surface area contributed by atoms with Crippen LogP contribution in [0.25, 0.3) is 0 Å². The van der Waals surface area contributed by atoms with Gasteiger partial charge in [0.25, 0.3) is 0 Å². The third-order valence-corrected chi connectivity index (χ3v) is 6.18. The molecule has 34 heavy (non-hydrogen) atoms. The van der Waals surface area contributed by atoms with Gasteiger partial charge in [0.15, 0.2) is 0 Å². The first-order valence-electron chi connectivity index (χ1n) is 11.9. The molecule has 0 N–H and O–H groups in total. The van der Waals surface area contributed by atoms with Gasteiger partial charge in [-0.2, -0.15) is 0 Å². The molecule has 0 spiro atoms. The molecule has 4 rings (SSSR count). The fraction of sp³-hybridized carbons (Fsp3) is 0.560. The van der Waals surface area contributed by atoms with Gasteiger partial charge in [0.2, 0.25) is 0 Å². The molecule has 3 heterocycles. The number of ether oxygens (including phenoxy) is 2. The third-order valence-electron chi connectivity index (χ3n) is 6.18. The maximum absolute atomic E-state index is 14.7. The van der Waals surface area contributed by atoms with E-state index in [0.717, 1.165) is 22.5 Å². The number of hydrogen-bond acceptors (Lipinski definition) is 7. The molecule has 0 radical (unpaired) electrons. The minimum Gasteiger partial charge on any atom is -0.464 e. The minimum atomic E-state index is -0.530. The van der Waals surface area contributed by atoms with Gasteiger partial charge in [0.1, 0.15) is 11.4 Å². The molecule has 2 aliphatic rings. The molecule has 0 saturated carbocycles. The molecule has 1 amide bonds. The van der Waals surface area contributed by atoms with E-state index in [1.807, 2.05) is 40.7 Å². The van der Waals surface area contributed by atoms with Crippen LogP contribution in [-0.2, 0) is 17.7 Å². The summed E-state index contributed by atoms with van der Waals surface area (Å²) in [6, 6.07) is 3.76. The average molecular weight is 472 g/mol. The van der Waals surface area contributed by atoms with Crippen molar-refractivity contribution < 1.29 is 18.7 Å². The van der Waals surface area contributed by atoms with Crippen LogP contribution in [0.15, 0.2) is 24.5 Å². The molecule has 9 heteroatoms. The molecule has 1 fully saturated rings. The van der Waals surface area contributed by atoms with Gasteiger partial charge >= 0.3 is 12.1 Å². The lowest BCUT2D eigenvalue weighted by atomic mass is 9.95. The van der Waals surface area contributed by atoms with Gasteiger partial charge in [-0.3, -0.25) is 0 Å². The first kappa shape index (κ1) is 24.0. The zero-order valence-electron chi connectivity index (χ0n) is 20.7. The zero-order chi connectivity index (χ0) is 24.5. The molecule has 2 aliphatic heterocycles. The van der Waals surface area contributed by atoms with Crippen molar-refractivity contribution in [2.24, 2.45) is 0 Å². The quantitative estimate of drug-likeness (QED) is 0.667. The Balaban J connectivity index is 1.52. The highest BCUT2D eigenvalue weighted by atomic mass is 19.1. The predicted molar refractivity (Wildman–Crippen MR) is 129 cm³/mol. The maximum atomic E-state index is 14.7. The summed E-state index contributed by atoms with van der Waals surface area (Å²) in [7, 11) is 0. The Hall–Kier alpha value is -3.10. The molecular weight excluding hydrogens is 437 g/mol. The van der Waals surface area contributed by atoms with Crippen molar-refractivity contribution in [3.8, 4) is 6.01 Å². The van der Waals surface area contributed by atoms with E-state index >= 15 is 0 Å². The second-order valence-electron chi connectivity index (χ2n) is 9.82. The Morgan fingerprint density at radius 2 is 1.85 bits per heavy atom. The number of benzene rings is 1. The van der Waals surface area contributed by atoms with Crippen LogP contribution in [0.2, 0.25) is 0 Å². The van der Waals surface area contributed by atoms with Crippen LogP contribution >= 0.6 is 0 Å². The largest absolute Gasteiger partial charge is 0.464 e.